The number of pyridine rings is 1. The highest BCUT2D eigenvalue weighted by molar-refractivity contribution is 14.1. The van der Waals surface area contributed by atoms with Crippen LogP contribution >= 0.6 is 22.6 Å². The first kappa shape index (κ1) is 21.6. The fourth-order valence-corrected chi connectivity index (χ4v) is 4.72. The minimum absolute atomic E-state index is 0.0189. The van der Waals surface area contributed by atoms with Gasteiger partial charge in [0.05, 0.1) is 28.7 Å². The van der Waals surface area contributed by atoms with Gasteiger partial charge in [-0.2, -0.15) is 18.3 Å². The molecule has 3 aromatic heterocycles. The van der Waals surface area contributed by atoms with Crippen molar-refractivity contribution < 1.29 is 13.2 Å². The van der Waals surface area contributed by atoms with Crippen LogP contribution in [0.25, 0.3) is 33.2 Å². The van der Waals surface area contributed by atoms with Gasteiger partial charge in [-0.3, -0.25) is 0 Å². The van der Waals surface area contributed by atoms with E-state index >= 15 is 0 Å². The highest BCUT2D eigenvalue weighted by atomic mass is 127. The summed E-state index contributed by atoms with van der Waals surface area (Å²) in [6.45, 7) is 2.05. The molecule has 10 heteroatoms. The van der Waals surface area contributed by atoms with Gasteiger partial charge in [-0.05, 0) is 47.2 Å². The summed E-state index contributed by atoms with van der Waals surface area (Å²) in [5.41, 5.74) is 8.16. The Bertz CT molecular complexity index is 1530. The summed E-state index contributed by atoms with van der Waals surface area (Å²) >= 11 is 2.05. The van der Waals surface area contributed by atoms with Crippen LogP contribution < -0.4 is 5.73 Å². The average Bonchev–Trinajstić information content (AvgIpc) is 3.09. The second-order valence-electron chi connectivity index (χ2n) is 7.59. The van der Waals surface area contributed by atoms with Crippen molar-refractivity contribution >= 4 is 50.3 Å². The van der Waals surface area contributed by atoms with Crippen molar-refractivity contribution in [2.45, 2.75) is 19.6 Å². The molecule has 0 bridgehead atoms. The van der Waals surface area contributed by atoms with Gasteiger partial charge in [-0.1, -0.05) is 36.4 Å². The van der Waals surface area contributed by atoms with Crippen molar-refractivity contribution in [3.05, 3.63) is 75.2 Å². The second kappa shape index (κ2) is 7.94. The van der Waals surface area contributed by atoms with Gasteiger partial charge in [0.2, 0.25) is 0 Å². The minimum atomic E-state index is -4.52. The van der Waals surface area contributed by atoms with Crippen molar-refractivity contribution in [2.75, 3.05) is 5.73 Å². The van der Waals surface area contributed by atoms with E-state index in [2.05, 4.69) is 15.1 Å². The van der Waals surface area contributed by atoms with Crippen molar-refractivity contribution in [1.82, 2.24) is 24.7 Å². The number of hydrogen-bond donors (Lipinski definition) is 1. The number of nitrogens with zero attached hydrogens (tertiary/aromatic N) is 5. The standard InChI is InChI=1S/C23H16F3IN6/c1-12-5-4-6-13-9-14(10-33-22-17(20(27)32-33)21(28)29-11-30-22)19(31-18(12)13)15-7-2-3-8-16(15)23(24,25)26/h2-9,11H,10H2,1H3,(H2,28,29,30). The van der Waals surface area contributed by atoms with E-state index in [1.165, 1.54) is 18.5 Å². The number of nitrogens with two attached hydrogens (primary N) is 1. The quantitative estimate of drug-likeness (QED) is 0.291. The minimum Gasteiger partial charge on any atom is -0.383 e. The Morgan fingerprint density at radius 1 is 1.06 bits per heavy atom. The topological polar surface area (TPSA) is 82.5 Å². The van der Waals surface area contributed by atoms with Crippen LogP contribution in [-0.4, -0.2) is 24.7 Å². The van der Waals surface area contributed by atoms with E-state index in [1.807, 2.05) is 53.8 Å². The van der Waals surface area contributed by atoms with Crippen LogP contribution in [0.3, 0.4) is 0 Å². The molecule has 166 valence electrons. The zero-order valence-electron chi connectivity index (χ0n) is 17.2. The highest BCUT2D eigenvalue weighted by Crippen LogP contribution is 2.38. The van der Waals surface area contributed by atoms with E-state index in [1.54, 1.807) is 10.7 Å². The van der Waals surface area contributed by atoms with Crippen LogP contribution in [0.5, 0.6) is 0 Å². The molecule has 0 aliphatic rings. The second-order valence-corrected chi connectivity index (χ2v) is 8.61. The average molecular weight is 560 g/mol. The zero-order valence-corrected chi connectivity index (χ0v) is 19.4. The van der Waals surface area contributed by atoms with Gasteiger partial charge in [0.25, 0.3) is 0 Å². The first-order valence-electron chi connectivity index (χ1n) is 9.92. The van der Waals surface area contributed by atoms with E-state index < -0.39 is 11.7 Å². The lowest BCUT2D eigenvalue weighted by atomic mass is 9.97. The lowest BCUT2D eigenvalue weighted by molar-refractivity contribution is -0.137. The molecule has 2 N–H and O–H groups in total. The molecule has 33 heavy (non-hydrogen) atoms. The molecule has 0 saturated carbocycles. The van der Waals surface area contributed by atoms with Crippen molar-refractivity contribution in [2.24, 2.45) is 0 Å². The van der Waals surface area contributed by atoms with Gasteiger partial charge >= 0.3 is 6.18 Å². The van der Waals surface area contributed by atoms with Crippen LogP contribution in [0.15, 0.2) is 54.9 Å². The molecule has 0 spiro atoms. The first-order valence-corrected chi connectivity index (χ1v) is 11.0. The normalized spacial score (nSPS) is 12.0. The Labute approximate surface area is 199 Å². The molecule has 0 unspecified atom stereocenters. The van der Waals surface area contributed by atoms with Gasteiger partial charge in [-0.15, -0.1) is 0 Å². The predicted octanol–water partition coefficient (Wildman–Crippen LogP) is 5.60. The summed E-state index contributed by atoms with van der Waals surface area (Å²) in [5, 5.41) is 5.96. The van der Waals surface area contributed by atoms with Crippen LogP contribution in [0.2, 0.25) is 0 Å². The van der Waals surface area contributed by atoms with Crippen LogP contribution in [0.4, 0.5) is 19.0 Å². The number of halogens is 4. The zero-order chi connectivity index (χ0) is 23.3. The maximum Gasteiger partial charge on any atom is 0.417 e. The number of alkyl halides is 3. The Morgan fingerprint density at radius 2 is 1.85 bits per heavy atom. The first-order chi connectivity index (χ1) is 15.7. The Hall–Kier alpha value is -3.28. The molecule has 3 heterocycles. The lowest BCUT2D eigenvalue weighted by Crippen LogP contribution is -2.10. The molecule has 0 aliphatic heterocycles. The van der Waals surface area contributed by atoms with Gasteiger partial charge in [0, 0.05) is 16.5 Å². The third-order valence-corrected chi connectivity index (χ3v) is 6.21. The summed E-state index contributed by atoms with van der Waals surface area (Å²) in [6, 6.07) is 13.0. The van der Waals surface area contributed by atoms with Crippen molar-refractivity contribution in [3.63, 3.8) is 0 Å². The van der Waals surface area contributed by atoms with Crippen molar-refractivity contribution in [3.8, 4) is 11.3 Å². The Morgan fingerprint density at radius 3 is 2.64 bits per heavy atom. The number of fused-ring (bicyclic) bond motifs is 2. The number of aromatic nitrogens is 5. The molecule has 0 radical (unpaired) electrons. The molecular formula is C23H16F3IN6. The number of hydrogen-bond acceptors (Lipinski definition) is 5. The molecule has 6 nitrogen and oxygen atoms in total. The molecule has 5 aromatic rings. The van der Waals surface area contributed by atoms with Crippen molar-refractivity contribution in [1.29, 1.82) is 0 Å². The number of para-hydroxylation sites is 1. The molecule has 2 aromatic carbocycles. The van der Waals surface area contributed by atoms with E-state index in [9.17, 15) is 13.2 Å². The Kier molecular flexibility index (Phi) is 5.19. The summed E-state index contributed by atoms with van der Waals surface area (Å²) in [5.74, 6) is 0.297. The third-order valence-electron chi connectivity index (χ3n) is 5.45. The van der Waals surface area contributed by atoms with Crippen LogP contribution in [0, 0.1) is 10.6 Å². The summed E-state index contributed by atoms with van der Waals surface area (Å²) in [7, 11) is 0. The summed E-state index contributed by atoms with van der Waals surface area (Å²) in [6.07, 6.45) is -3.18. The molecule has 0 aliphatic carbocycles. The van der Waals surface area contributed by atoms with Crippen LogP contribution in [0.1, 0.15) is 16.7 Å². The summed E-state index contributed by atoms with van der Waals surface area (Å²) in [4.78, 5) is 13.0. The predicted molar refractivity (Wildman–Crippen MR) is 128 cm³/mol. The Balaban J connectivity index is 1.78. The maximum atomic E-state index is 13.9. The number of rotatable bonds is 3. The third kappa shape index (κ3) is 3.77. The number of nitrogen functional groups attached to an aromatic ring is 1. The largest absolute Gasteiger partial charge is 0.417 e. The van der Waals surface area contributed by atoms with Crippen LogP contribution in [-0.2, 0) is 12.7 Å². The van der Waals surface area contributed by atoms with Gasteiger partial charge in [0.1, 0.15) is 15.8 Å². The van der Waals surface area contributed by atoms with E-state index in [-0.39, 0.29) is 17.8 Å². The SMILES string of the molecule is Cc1cccc2cc(Cn3nc(I)c4c(N)ncnc43)c(-c3ccccc3C(F)(F)F)nc12. The van der Waals surface area contributed by atoms with E-state index in [0.29, 0.717) is 31.6 Å². The van der Waals surface area contributed by atoms with Gasteiger partial charge in [0.15, 0.2) is 5.65 Å². The number of anilines is 1. The molecule has 5 rings (SSSR count). The van der Waals surface area contributed by atoms with Gasteiger partial charge in [-0.25, -0.2) is 19.6 Å². The molecule has 0 amide bonds. The molecule has 0 saturated heterocycles. The van der Waals surface area contributed by atoms with Gasteiger partial charge < -0.3 is 5.73 Å². The highest BCUT2D eigenvalue weighted by Gasteiger charge is 2.34. The van der Waals surface area contributed by atoms with E-state index in [4.69, 9.17) is 10.7 Å². The molecular weight excluding hydrogens is 544 g/mol. The molecule has 0 atom stereocenters. The monoisotopic (exact) mass is 560 g/mol. The smallest absolute Gasteiger partial charge is 0.383 e. The van der Waals surface area contributed by atoms with E-state index in [0.717, 1.165) is 17.0 Å². The number of benzene rings is 2. The summed E-state index contributed by atoms with van der Waals surface area (Å²) < 4.78 is 43.8. The fraction of sp³-hybridized carbons (Fsp3) is 0.130. The maximum absolute atomic E-state index is 13.9. The molecule has 0 fully saturated rings. The lowest BCUT2D eigenvalue weighted by Gasteiger charge is -2.17. The number of aryl methyl sites for hydroxylation is 1. The fourth-order valence-electron chi connectivity index (χ4n) is 3.94.